The van der Waals surface area contributed by atoms with Gasteiger partial charge in [0.05, 0.1) is 12.7 Å². The van der Waals surface area contributed by atoms with Gasteiger partial charge in [-0.2, -0.15) is 0 Å². The Morgan fingerprint density at radius 1 is 1.47 bits per heavy atom. The van der Waals surface area contributed by atoms with Crippen LogP contribution in [-0.4, -0.2) is 36.2 Å². The molecule has 0 radical (unpaired) electrons. The number of aliphatic carboxylic acids is 1. The molecule has 0 bridgehead atoms. The zero-order chi connectivity index (χ0) is 12.4. The maximum absolute atomic E-state index is 10.9. The van der Waals surface area contributed by atoms with Gasteiger partial charge in [0, 0.05) is 0 Å². The second-order valence-corrected chi connectivity index (χ2v) is 3.74. The van der Waals surface area contributed by atoms with E-state index in [0.717, 1.165) is 0 Å². The molecule has 0 spiro atoms. The van der Waals surface area contributed by atoms with Crippen molar-refractivity contribution in [1.82, 2.24) is 0 Å². The average Bonchev–Trinajstić information content (AvgIpc) is 2.71. The molecule has 0 saturated carbocycles. The number of para-hydroxylation sites is 1. The summed E-state index contributed by atoms with van der Waals surface area (Å²) in [7, 11) is 1.55. The zero-order valence-electron chi connectivity index (χ0n) is 9.58. The van der Waals surface area contributed by atoms with Gasteiger partial charge in [-0.05, 0) is 19.1 Å². The molecular formula is C12H13NO4. The van der Waals surface area contributed by atoms with Gasteiger partial charge in [-0.3, -0.25) is 0 Å². The summed E-state index contributed by atoms with van der Waals surface area (Å²) in [4.78, 5) is 15.0. The van der Waals surface area contributed by atoms with E-state index >= 15 is 0 Å². The number of carboxylic acid groups (broad SMARTS) is 1. The van der Waals surface area contributed by atoms with Gasteiger partial charge in [-0.1, -0.05) is 12.1 Å². The topological polar surface area (TPSA) is 68.1 Å². The molecule has 1 aliphatic heterocycles. The molecule has 2 atom stereocenters. The largest absolute Gasteiger partial charge is 0.496 e. The Kier molecular flexibility index (Phi) is 2.99. The van der Waals surface area contributed by atoms with E-state index in [-0.39, 0.29) is 0 Å². The number of hydrogen-bond acceptors (Lipinski definition) is 4. The van der Waals surface area contributed by atoms with E-state index in [1.165, 1.54) is 0 Å². The number of nitrogens with zero attached hydrogens (tertiary/aromatic N) is 1. The van der Waals surface area contributed by atoms with E-state index in [9.17, 15) is 4.79 Å². The van der Waals surface area contributed by atoms with Crippen molar-refractivity contribution in [1.29, 1.82) is 0 Å². The zero-order valence-corrected chi connectivity index (χ0v) is 9.58. The molecule has 0 saturated heterocycles. The lowest BCUT2D eigenvalue weighted by atomic mass is 10.2. The lowest BCUT2D eigenvalue weighted by Gasteiger charge is -2.10. The van der Waals surface area contributed by atoms with Gasteiger partial charge < -0.3 is 14.6 Å². The van der Waals surface area contributed by atoms with Crippen molar-refractivity contribution in [2.45, 2.75) is 19.1 Å². The number of ether oxygens (including phenoxy) is 2. The van der Waals surface area contributed by atoms with Crippen LogP contribution >= 0.6 is 0 Å². The lowest BCUT2D eigenvalue weighted by molar-refractivity contribution is -0.139. The first-order chi connectivity index (χ1) is 8.13. The minimum Gasteiger partial charge on any atom is -0.496 e. The van der Waals surface area contributed by atoms with Gasteiger partial charge in [0.2, 0.25) is 5.90 Å². The van der Waals surface area contributed by atoms with Gasteiger partial charge in [0.1, 0.15) is 11.9 Å². The summed E-state index contributed by atoms with van der Waals surface area (Å²) in [6.45, 7) is 1.69. The lowest BCUT2D eigenvalue weighted by Crippen LogP contribution is -2.27. The highest BCUT2D eigenvalue weighted by atomic mass is 16.5. The molecule has 1 aromatic carbocycles. The number of aliphatic imine (C=N–C) groups is 1. The minimum atomic E-state index is -0.984. The van der Waals surface area contributed by atoms with Crippen molar-refractivity contribution in [3.05, 3.63) is 29.8 Å². The maximum atomic E-state index is 10.9. The van der Waals surface area contributed by atoms with Gasteiger partial charge in [0.25, 0.3) is 0 Å². The molecule has 17 heavy (non-hydrogen) atoms. The summed E-state index contributed by atoms with van der Waals surface area (Å²) in [5, 5.41) is 8.96. The molecule has 0 unspecified atom stereocenters. The maximum Gasteiger partial charge on any atom is 0.332 e. The third kappa shape index (κ3) is 2.08. The van der Waals surface area contributed by atoms with Crippen molar-refractivity contribution in [2.75, 3.05) is 7.11 Å². The smallest absolute Gasteiger partial charge is 0.332 e. The molecule has 1 aliphatic rings. The first kappa shape index (κ1) is 11.4. The quantitative estimate of drug-likeness (QED) is 0.857. The van der Waals surface area contributed by atoms with Crippen molar-refractivity contribution in [2.24, 2.45) is 4.99 Å². The predicted octanol–water partition coefficient (Wildman–Crippen LogP) is 1.31. The average molecular weight is 235 g/mol. The molecule has 2 rings (SSSR count). The summed E-state index contributed by atoms with van der Waals surface area (Å²) in [5.74, 6) is -0.0470. The second kappa shape index (κ2) is 4.45. The summed E-state index contributed by atoms with van der Waals surface area (Å²) in [6, 6.07) is 6.36. The van der Waals surface area contributed by atoms with Crippen molar-refractivity contribution >= 4 is 11.9 Å². The first-order valence-corrected chi connectivity index (χ1v) is 5.24. The molecule has 0 aliphatic carbocycles. The number of hydrogen-bond donors (Lipinski definition) is 1. The molecule has 0 amide bonds. The number of methoxy groups -OCH3 is 1. The normalized spacial score (nSPS) is 22.8. The number of carbonyl (C=O) groups is 1. The van der Waals surface area contributed by atoms with E-state index in [1.54, 1.807) is 26.2 Å². The molecule has 0 fully saturated rings. The van der Waals surface area contributed by atoms with Gasteiger partial charge >= 0.3 is 5.97 Å². The highest BCUT2D eigenvalue weighted by Gasteiger charge is 2.34. The Hall–Kier alpha value is -2.04. The first-order valence-electron chi connectivity index (χ1n) is 5.24. The van der Waals surface area contributed by atoms with Crippen LogP contribution in [0, 0.1) is 0 Å². The molecule has 1 heterocycles. The predicted molar refractivity (Wildman–Crippen MR) is 61.5 cm³/mol. The summed E-state index contributed by atoms with van der Waals surface area (Å²) >= 11 is 0. The highest BCUT2D eigenvalue weighted by Crippen LogP contribution is 2.24. The third-order valence-electron chi connectivity index (χ3n) is 2.59. The van der Waals surface area contributed by atoms with E-state index in [1.807, 2.05) is 12.1 Å². The third-order valence-corrected chi connectivity index (χ3v) is 2.59. The Balaban J connectivity index is 2.35. The fourth-order valence-corrected chi connectivity index (χ4v) is 1.71. The molecule has 0 aromatic heterocycles. The number of carboxylic acids is 1. The summed E-state index contributed by atoms with van der Waals surface area (Å²) in [6.07, 6.45) is -0.465. The van der Waals surface area contributed by atoms with Crippen LogP contribution in [0.5, 0.6) is 5.75 Å². The van der Waals surface area contributed by atoms with Crippen LogP contribution < -0.4 is 4.74 Å². The fourth-order valence-electron chi connectivity index (χ4n) is 1.71. The van der Waals surface area contributed by atoms with Crippen LogP contribution in [0.3, 0.4) is 0 Å². The highest BCUT2D eigenvalue weighted by molar-refractivity contribution is 5.99. The monoisotopic (exact) mass is 235 g/mol. The van der Waals surface area contributed by atoms with Crippen LogP contribution in [0.2, 0.25) is 0 Å². The van der Waals surface area contributed by atoms with Crippen molar-refractivity contribution in [3.63, 3.8) is 0 Å². The van der Waals surface area contributed by atoms with Crippen LogP contribution in [0.4, 0.5) is 0 Å². The van der Waals surface area contributed by atoms with Crippen molar-refractivity contribution < 1.29 is 19.4 Å². The Labute approximate surface area is 98.7 Å². The van der Waals surface area contributed by atoms with E-state index < -0.39 is 18.1 Å². The van der Waals surface area contributed by atoms with Gasteiger partial charge in [-0.25, -0.2) is 9.79 Å². The molecule has 1 aromatic rings. The molecular weight excluding hydrogens is 222 g/mol. The molecule has 90 valence electrons. The molecule has 5 nitrogen and oxygen atoms in total. The minimum absolute atomic E-state index is 0.322. The SMILES string of the molecule is COc1ccccc1C1=N[C@@H](C(=O)O)[C@@H](C)O1. The molecule has 5 heteroatoms. The van der Waals surface area contributed by atoms with E-state index in [0.29, 0.717) is 17.2 Å². The summed E-state index contributed by atoms with van der Waals surface area (Å²) < 4.78 is 10.6. The van der Waals surface area contributed by atoms with Gasteiger partial charge in [0.15, 0.2) is 6.04 Å². The van der Waals surface area contributed by atoms with Crippen LogP contribution in [-0.2, 0) is 9.53 Å². The Morgan fingerprint density at radius 3 is 2.76 bits per heavy atom. The number of rotatable bonds is 3. The van der Waals surface area contributed by atoms with Gasteiger partial charge in [-0.15, -0.1) is 0 Å². The van der Waals surface area contributed by atoms with Crippen LogP contribution in [0.25, 0.3) is 0 Å². The second-order valence-electron chi connectivity index (χ2n) is 3.74. The van der Waals surface area contributed by atoms with Crippen LogP contribution in [0.15, 0.2) is 29.3 Å². The summed E-state index contributed by atoms with van der Waals surface area (Å²) in [5.41, 5.74) is 0.672. The molecule has 1 N–H and O–H groups in total. The standard InChI is InChI=1S/C12H13NO4/c1-7-10(12(14)15)13-11(17-7)8-5-3-4-6-9(8)16-2/h3-7,10H,1-2H3,(H,14,15)/t7-,10-/m1/s1. The van der Waals surface area contributed by atoms with Crippen molar-refractivity contribution in [3.8, 4) is 5.75 Å². The van der Waals surface area contributed by atoms with Crippen LogP contribution in [0.1, 0.15) is 12.5 Å². The fraction of sp³-hybridized carbons (Fsp3) is 0.333. The Morgan fingerprint density at radius 2 is 2.18 bits per heavy atom. The Bertz CT molecular complexity index is 469. The van der Waals surface area contributed by atoms with E-state index in [2.05, 4.69) is 4.99 Å². The van der Waals surface area contributed by atoms with E-state index in [4.69, 9.17) is 14.6 Å². The number of benzene rings is 1.